The zero-order valence-corrected chi connectivity index (χ0v) is 15.0. The normalized spacial score (nSPS) is 11.0. The van der Waals surface area contributed by atoms with Gasteiger partial charge in [-0.1, -0.05) is 29.4 Å². The molecule has 0 fully saturated rings. The van der Waals surface area contributed by atoms with Gasteiger partial charge in [0.2, 0.25) is 11.7 Å². The van der Waals surface area contributed by atoms with Crippen LogP contribution in [-0.4, -0.2) is 21.0 Å². The maximum Gasteiger partial charge on any atom is 0.263 e. The molecule has 4 rings (SSSR count). The third-order valence-electron chi connectivity index (χ3n) is 3.99. The molecule has 9 heteroatoms. The number of carbonyl (C=O) groups is 1. The van der Waals surface area contributed by atoms with Crippen LogP contribution in [0.25, 0.3) is 21.5 Å². The van der Waals surface area contributed by atoms with E-state index in [0.29, 0.717) is 23.0 Å². The van der Waals surface area contributed by atoms with E-state index in [2.05, 4.69) is 20.4 Å². The van der Waals surface area contributed by atoms with E-state index in [0.717, 1.165) is 28.7 Å². The summed E-state index contributed by atoms with van der Waals surface area (Å²) in [7, 11) is 0. The molecule has 0 spiro atoms. The number of carbonyl (C=O) groups excluding carboxylic acids is 1. The summed E-state index contributed by atoms with van der Waals surface area (Å²) >= 11 is 1.12. The summed E-state index contributed by atoms with van der Waals surface area (Å²) in [5.74, 6) is 0.115. The number of hydrogen-bond acceptors (Lipinski definition) is 7. The minimum Gasteiger partial charge on any atom is -0.397 e. The number of anilines is 1. The molecular weight excluding hydrogens is 369 g/mol. The van der Waals surface area contributed by atoms with Crippen LogP contribution >= 0.6 is 11.3 Å². The molecule has 1 amide bonds. The number of nitrogens with one attached hydrogen (secondary N) is 1. The average Bonchev–Trinajstić information content (AvgIpc) is 3.24. The van der Waals surface area contributed by atoms with Crippen LogP contribution in [0.5, 0.6) is 0 Å². The maximum atomic E-state index is 13.9. The van der Waals surface area contributed by atoms with Gasteiger partial charge in [0.1, 0.15) is 4.88 Å². The first-order chi connectivity index (χ1) is 13.0. The van der Waals surface area contributed by atoms with Gasteiger partial charge in [-0.05, 0) is 5.56 Å². The lowest BCUT2D eigenvalue weighted by molar-refractivity contribution is 0.0956. The number of fused-ring (bicyclic) bond motifs is 1. The number of nitrogen functional groups attached to an aromatic ring is 1. The van der Waals surface area contributed by atoms with Crippen LogP contribution in [0.4, 0.5) is 10.1 Å². The van der Waals surface area contributed by atoms with Gasteiger partial charge in [-0.2, -0.15) is 4.98 Å². The van der Waals surface area contributed by atoms with Gasteiger partial charge in [0.15, 0.2) is 5.82 Å². The second-order valence-corrected chi connectivity index (χ2v) is 6.91. The lowest BCUT2D eigenvalue weighted by Crippen LogP contribution is -2.22. The molecule has 7 nitrogen and oxygen atoms in total. The third kappa shape index (κ3) is 3.24. The predicted molar refractivity (Wildman–Crippen MR) is 99.6 cm³/mol. The Morgan fingerprint density at radius 1 is 1.30 bits per heavy atom. The third-order valence-corrected chi connectivity index (χ3v) is 5.13. The minimum absolute atomic E-state index is 0.134. The van der Waals surface area contributed by atoms with E-state index < -0.39 is 5.82 Å². The summed E-state index contributed by atoms with van der Waals surface area (Å²) in [6.45, 7) is 2.03. The smallest absolute Gasteiger partial charge is 0.263 e. The van der Waals surface area contributed by atoms with E-state index in [1.807, 2.05) is 24.3 Å². The summed E-state index contributed by atoms with van der Waals surface area (Å²) in [6, 6.07) is 7.42. The lowest BCUT2D eigenvalue weighted by Gasteiger charge is -2.05. The molecule has 0 unspecified atom stereocenters. The summed E-state index contributed by atoms with van der Waals surface area (Å²) in [6.07, 6.45) is 2.58. The molecule has 0 aliphatic rings. The van der Waals surface area contributed by atoms with Gasteiger partial charge in [-0.15, -0.1) is 11.3 Å². The van der Waals surface area contributed by atoms with Crippen LogP contribution in [0.3, 0.4) is 0 Å². The predicted octanol–water partition coefficient (Wildman–Crippen LogP) is 3.31. The fraction of sp³-hybridized carbons (Fsp3) is 0.111. The summed E-state index contributed by atoms with van der Waals surface area (Å²) < 4.78 is 19.4. The van der Waals surface area contributed by atoms with Crippen molar-refractivity contribution in [2.24, 2.45) is 0 Å². The van der Waals surface area contributed by atoms with Crippen molar-refractivity contribution in [2.75, 3.05) is 5.73 Å². The zero-order valence-electron chi connectivity index (χ0n) is 14.2. The Morgan fingerprint density at radius 2 is 2.07 bits per heavy atom. The van der Waals surface area contributed by atoms with Gasteiger partial charge in [-0.3, -0.25) is 9.78 Å². The number of nitrogens with two attached hydrogens (primary N) is 1. The summed E-state index contributed by atoms with van der Waals surface area (Å²) in [5.41, 5.74) is 7.80. The first-order valence-electron chi connectivity index (χ1n) is 8.02. The molecule has 0 aliphatic carbocycles. The molecule has 1 aromatic carbocycles. The van der Waals surface area contributed by atoms with Crippen molar-refractivity contribution in [1.29, 1.82) is 0 Å². The van der Waals surface area contributed by atoms with E-state index in [1.165, 1.54) is 6.20 Å². The van der Waals surface area contributed by atoms with Crippen LogP contribution < -0.4 is 11.1 Å². The number of benzene rings is 1. The van der Waals surface area contributed by atoms with Gasteiger partial charge in [-0.25, -0.2) is 4.39 Å². The highest BCUT2D eigenvalue weighted by Crippen LogP contribution is 2.34. The van der Waals surface area contributed by atoms with Crippen molar-refractivity contribution in [3.63, 3.8) is 0 Å². The minimum atomic E-state index is -0.535. The standard InChI is InChI=1S/C18H14FN5O2S/c1-9-23-17(24-26-9)11-4-2-10(3-5-11)6-22-18(25)16-15(20)14-12(19)7-21-8-13(14)27-16/h2-5,7-8H,6,20H2,1H3,(H,22,25). The Bertz CT molecular complexity index is 1140. The lowest BCUT2D eigenvalue weighted by atomic mass is 10.1. The van der Waals surface area contributed by atoms with E-state index in [9.17, 15) is 9.18 Å². The van der Waals surface area contributed by atoms with Crippen molar-refractivity contribution in [3.8, 4) is 11.4 Å². The van der Waals surface area contributed by atoms with E-state index in [-0.39, 0.29) is 21.9 Å². The Labute approximate surface area is 157 Å². The monoisotopic (exact) mass is 383 g/mol. The topological polar surface area (TPSA) is 107 Å². The number of thiophene rings is 1. The largest absolute Gasteiger partial charge is 0.397 e. The van der Waals surface area contributed by atoms with Gasteiger partial charge in [0.25, 0.3) is 5.91 Å². The van der Waals surface area contributed by atoms with Crippen molar-refractivity contribution < 1.29 is 13.7 Å². The second kappa shape index (κ2) is 6.76. The first kappa shape index (κ1) is 17.1. The molecule has 0 atom stereocenters. The van der Waals surface area contributed by atoms with Crippen LogP contribution in [0.15, 0.2) is 41.2 Å². The Morgan fingerprint density at radius 3 is 2.74 bits per heavy atom. The fourth-order valence-electron chi connectivity index (χ4n) is 2.65. The Balaban J connectivity index is 1.48. The number of hydrogen-bond donors (Lipinski definition) is 2. The first-order valence-corrected chi connectivity index (χ1v) is 8.84. The highest BCUT2D eigenvalue weighted by molar-refractivity contribution is 7.21. The molecule has 3 aromatic heterocycles. The van der Waals surface area contributed by atoms with Crippen LogP contribution in [-0.2, 0) is 6.54 Å². The maximum absolute atomic E-state index is 13.9. The zero-order chi connectivity index (χ0) is 19.0. The van der Waals surface area contributed by atoms with Crippen molar-refractivity contribution >= 4 is 33.0 Å². The van der Waals surface area contributed by atoms with E-state index in [1.54, 1.807) is 6.92 Å². The average molecular weight is 383 g/mol. The summed E-state index contributed by atoms with van der Waals surface area (Å²) in [4.78, 5) is 20.7. The molecule has 136 valence electrons. The molecular formula is C18H14FN5O2S. The van der Waals surface area contributed by atoms with Crippen LogP contribution in [0.1, 0.15) is 21.1 Å². The van der Waals surface area contributed by atoms with Crippen molar-refractivity contribution in [1.82, 2.24) is 20.4 Å². The van der Waals surface area contributed by atoms with Crippen LogP contribution in [0, 0.1) is 12.7 Å². The van der Waals surface area contributed by atoms with Crippen LogP contribution in [0.2, 0.25) is 0 Å². The number of aryl methyl sites for hydroxylation is 1. The number of nitrogens with zero attached hydrogens (tertiary/aromatic N) is 3. The van der Waals surface area contributed by atoms with Gasteiger partial charge in [0, 0.05) is 25.2 Å². The molecule has 27 heavy (non-hydrogen) atoms. The molecule has 3 N–H and O–H groups in total. The number of halogens is 1. The molecule has 3 heterocycles. The number of rotatable bonds is 4. The number of amides is 1. The number of pyridine rings is 1. The second-order valence-electron chi connectivity index (χ2n) is 5.86. The molecule has 0 aliphatic heterocycles. The molecule has 0 saturated heterocycles. The van der Waals surface area contributed by atoms with Crippen molar-refractivity contribution in [2.45, 2.75) is 13.5 Å². The SMILES string of the molecule is Cc1nc(-c2ccc(CNC(=O)c3sc4cncc(F)c4c3N)cc2)no1. The van der Waals surface area contributed by atoms with E-state index in [4.69, 9.17) is 10.3 Å². The fourth-order valence-corrected chi connectivity index (χ4v) is 3.67. The van der Waals surface area contributed by atoms with Gasteiger partial charge >= 0.3 is 0 Å². The highest BCUT2D eigenvalue weighted by Gasteiger charge is 2.19. The van der Waals surface area contributed by atoms with E-state index >= 15 is 0 Å². The van der Waals surface area contributed by atoms with Gasteiger partial charge in [0.05, 0.1) is 22.0 Å². The molecule has 0 bridgehead atoms. The Hall–Kier alpha value is -3.33. The van der Waals surface area contributed by atoms with Crippen molar-refractivity contribution in [3.05, 3.63) is 58.8 Å². The summed E-state index contributed by atoms with van der Waals surface area (Å²) in [5, 5.41) is 6.90. The molecule has 0 radical (unpaired) electrons. The number of aromatic nitrogens is 3. The quantitative estimate of drug-likeness (QED) is 0.560. The Kier molecular flexibility index (Phi) is 4.28. The molecule has 0 saturated carbocycles. The highest BCUT2D eigenvalue weighted by atomic mass is 32.1. The molecule has 4 aromatic rings. The van der Waals surface area contributed by atoms with Gasteiger partial charge < -0.3 is 15.6 Å².